The smallest absolute Gasteiger partial charge is 0.333 e. The summed E-state index contributed by atoms with van der Waals surface area (Å²) in [7, 11) is 0. The van der Waals surface area contributed by atoms with Crippen LogP contribution >= 0.6 is 0 Å². The van der Waals surface area contributed by atoms with Gasteiger partial charge in [-0.05, 0) is 13.8 Å². The highest BCUT2D eigenvalue weighted by Gasteiger charge is 2.33. The van der Waals surface area contributed by atoms with Crippen molar-refractivity contribution in [3.63, 3.8) is 0 Å². The molecule has 0 spiro atoms. The Labute approximate surface area is 83.5 Å². The number of amides is 1. The molecule has 78 valence electrons. The van der Waals surface area contributed by atoms with E-state index in [0.717, 1.165) is 0 Å². The summed E-state index contributed by atoms with van der Waals surface area (Å²) in [5.74, 6) is -0.580. The minimum atomic E-state index is -0.598. The van der Waals surface area contributed by atoms with Crippen molar-refractivity contribution >= 4 is 11.9 Å². The van der Waals surface area contributed by atoms with Gasteiger partial charge in [-0.1, -0.05) is 6.58 Å². The SMILES string of the molecule is C=C(C)C(=O)OC1CCN(CC)C1=O. The monoisotopic (exact) mass is 197 g/mol. The molecule has 1 rings (SSSR count). The molecule has 4 nitrogen and oxygen atoms in total. The first kappa shape index (κ1) is 10.8. The van der Waals surface area contributed by atoms with Crippen molar-refractivity contribution < 1.29 is 14.3 Å². The van der Waals surface area contributed by atoms with Crippen molar-refractivity contribution in [2.24, 2.45) is 0 Å². The van der Waals surface area contributed by atoms with Crippen LogP contribution in [-0.2, 0) is 14.3 Å². The maximum absolute atomic E-state index is 11.5. The number of likely N-dealkylation sites (N-methyl/N-ethyl adjacent to an activating group) is 1. The Morgan fingerprint density at radius 1 is 1.71 bits per heavy atom. The van der Waals surface area contributed by atoms with Gasteiger partial charge < -0.3 is 9.64 Å². The molecule has 14 heavy (non-hydrogen) atoms. The van der Waals surface area contributed by atoms with Gasteiger partial charge in [-0.25, -0.2) is 4.79 Å². The van der Waals surface area contributed by atoms with Gasteiger partial charge in [-0.2, -0.15) is 0 Å². The Morgan fingerprint density at radius 2 is 2.36 bits per heavy atom. The van der Waals surface area contributed by atoms with Gasteiger partial charge in [-0.3, -0.25) is 4.79 Å². The largest absolute Gasteiger partial charge is 0.449 e. The summed E-state index contributed by atoms with van der Waals surface area (Å²) in [6.07, 6.45) is -0.00903. The predicted molar refractivity (Wildman–Crippen MR) is 51.6 cm³/mol. The minimum Gasteiger partial charge on any atom is -0.449 e. The first-order valence-electron chi connectivity index (χ1n) is 4.71. The van der Waals surface area contributed by atoms with E-state index in [-0.39, 0.29) is 5.91 Å². The zero-order valence-electron chi connectivity index (χ0n) is 8.58. The number of nitrogens with zero attached hydrogens (tertiary/aromatic N) is 1. The maximum atomic E-state index is 11.5. The fourth-order valence-corrected chi connectivity index (χ4v) is 1.36. The molecule has 0 aromatic heterocycles. The van der Waals surface area contributed by atoms with Gasteiger partial charge >= 0.3 is 5.97 Å². The molecule has 0 bridgehead atoms. The molecule has 1 amide bonds. The van der Waals surface area contributed by atoms with Crippen LogP contribution < -0.4 is 0 Å². The lowest BCUT2D eigenvalue weighted by Crippen LogP contribution is -2.31. The number of carbonyl (C=O) groups is 2. The third-order valence-electron chi connectivity index (χ3n) is 2.23. The topological polar surface area (TPSA) is 46.6 Å². The third kappa shape index (κ3) is 2.13. The molecule has 1 fully saturated rings. The van der Waals surface area contributed by atoms with Gasteiger partial charge in [0.15, 0.2) is 6.10 Å². The zero-order chi connectivity index (χ0) is 10.7. The van der Waals surface area contributed by atoms with Crippen LogP contribution in [0.1, 0.15) is 20.3 Å². The fraction of sp³-hybridized carbons (Fsp3) is 0.600. The van der Waals surface area contributed by atoms with E-state index in [1.165, 1.54) is 0 Å². The van der Waals surface area contributed by atoms with Crippen LogP contribution in [0.5, 0.6) is 0 Å². The number of ether oxygens (including phenoxy) is 1. The molecule has 1 unspecified atom stereocenters. The summed E-state index contributed by atoms with van der Waals surface area (Å²) in [6.45, 7) is 8.27. The van der Waals surface area contributed by atoms with Gasteiger partial charge in [-0.15, -0.1) is 0 Å². The molecule has 1 aliphatic heterocycles. The third-order valence-corrected chi connectivity index (χ3v) is 2.23. The van der Waals surface area contributed by atoms with Crippen molar-refractivity contribution in [2.75, 3.05) is 13.1 Å². The van der Waals surface area contributed by atoms with Crippen LogP contribution in [0, 0.1) is 0 Å². The molecule has 0 N–H and O–H groups in total. The highest BCUT2D eigenvalue weighted by Crippen LogP contribution is 2.15. The number of hydrogen-bond donors (Lipinski definition) is 0. The minimum absolute atomic E-state index is 0.0953. The number of likely N-dealkylation sites (tertiary alicyclic amines) is 1. The first-order valence-corrected chi connectivity index (χ1v) is 4.71. The number of carbonyl (C=O) groups excluding carboxylic acids is 2. The van der Waals surface area contributed by atoms with Crippen LogP contribution in [0.2, 0.25) is 0 Å². The molecule has 4 heteroatoms. The summed E-state index contributed by atoms with van der Waals surface area (Å²) in [6, 6.07) is 0. The molecule has 1 saturated heterocycles. The first-order chi connectivity index (χ1) is 6.56. The van der Waals surface area contributed by atoms with E-state index >= 15 is 0 Å². The lowest BCUT2D eigenvalue weighted by molar-refractivity contribution is -0.152. The van der Waals surface area contributed by atoms with E-state index in [2.05, 4.69) is 6.58 Å². The summed E-state index contributed by atoms with van der Waals surface area (Å²) >= 11 is 0. The van der Waals surface area contributed by atoms with Crippen LogP contribution in [0.25, 0.3) is 0 Å². The Morgan fingerprint density at radius 3 is 2.79 bits per heavy atom. The molecule has 1 aliphatic rings. The molecule has 0 aromatic carbocycles. The lowest BCUT2D eigenvalue weighted by atomic mass is 10.3. The molecule has 0 aliphatic carbocycles. The van der Waals surface area contributed by atoms with Crippen molar-refractivity contribution in [3.8, 4) is 0 Å². The quantitative estimate of drug-likeness (QED) is 0.495. The van der Waals surface area contributed by atoms with Crippen LogP contribution in [0.3, 0.4) is 0 Å². The average molecular weight is 197 g/mol. The molecule has 0 saturated carbocycles. The van der Waals surface area contributed by atoms with E-state index in [9.17, 15) is 9.59 Å². The maximum Gasteiger partial charge on any atom is 0.333 e. The second kappa shape index (κ2) is 4.26. The van der Waals surface area contributed by atoms with E-state index < -0.39 is 12.1 Å². The predicted octanol–water partition coefficient (Wildman–Crippen LogP) is 0.726. The Hall–Kier alpha value is -1.32. The fourth-order valence-electron chi connectivity index (χ4n) is 1.36. The van der Waals surface area contributed by atoms with E-state index in [1.54, 1.807) is 11.8 Å². The number of hydrogen-bond acceptors (Lipinski definition) is 3. The number of esters is 1. The normalized spacial score (nSPS) is 21.1. The molecule has 1 heterocycles. The Bertz CT molecular complexity index is 273. The average Bonchev–Trinajstić information content (AvgIpc) is 2.47. The van der Waals surface area contributed by atoms with Gasteiger partial charge in [0.05, 0.1) is 0 Å². The summed E-state index contributed by atoms with van der Waals surface area (Å²) in [5.41, 5.74) is 0.327. The van der Waals surface area contributed by atoms with Crippen LogP contribution in [-0.4, -0.2) is 36.0 Å². The standard InChI is InChI=1S/C10H15NO3/c1-4-11-6-5-8(9(11)12)14-10(13)7(2)3/h8H,2,4-6H2,1,3H3. The van der Waals surface area contributed by atoms with Gasteiger partial charge in [0.25, 0.3) is 5.91 Å². The van der Waals surface area contributed by atoms with Crippen molar-refractivity contribution in [2.45, 2.75) is 26.4 Å². The van der Waals surface area contributed by atoms with Gasteiger partial charge in [0.2, 0.25) is 0 Å². The lowest BCUT2D eigenvalue weighted by Gasteiger charge is -2.13. The second-order valence-electron chi connectivity index (χ2n) is 3.38. The van der Waals surface area contributed by atoms with E-state index in [0.29, 0.717) is 25.1 Å². The van der Waals surface area contributed by atoms with Gasteiger partial charge in [0.1, 0.15) is 0 Å². The van der Waals surface area contributed by atoms with E-state index in [4.69, 9.17) is 4.74 Å². The highest BCUT2D eigenvalue weighted by molar-refractivity contribution is 5.91. The highest BCUT2D eigenvalue weighted by atomic mass is 16.5. The molecule has 0 aromatic rings. The van der Waals surface area contributed by atoms with Crippen LogP contribution in [0.15, 0.2) is 12.2 Å². The summed E-state index contributed by atoms with van der Waals surface area (Å²) < 4.78 is 4.99. The Kier molecular flexibility index (Phi) is 3.28. The zero-order valence-corrected chi connectivity index (χ0v) is 8.58. The van der Waals surface area contributed by atoms with Crippen LogP contribution in [0.4, 0.5) is 0 Å². The van der Waals surface area contributed by atoms with E-state index in [1.807, 2.05) is 6.92 Å². The van der Waals surface area contributed by atoms with Gasteiger partial charge in [0, 0.05) is 25.1 Å². The van der Waals surface area contributed by atoms with Crippen molar-refractivity contribution in [3.05, 3.63) is 12.2 Å². The second-order valence-corrected chi connectivity index (χ2v) is 3.38. The summed E-state index contributed by atoms with van der Waals surface area (Å²) in [4.78, 5) is 24.3. The number of rotatable bonds is 3. The molecular weight excluding hydrogens is 182 g/mol. The van der Waals surface area contributed by atoms with Crippen molar-refractivity contribution in [1.29, 1.82) is 0 Å². The van der Waals surface area contributed by atoms with Crippen molar-refractivity contribution in [1.82, 2.24) is 4.90 Å². The molecular formula is C10H15NO3. The molecule has 1 atom stereocenters. The summed E-state index contributed by atoms with van der Waals surface area (Å²) in [5, 5.41) is 0. The Balaban J connectivity index is 2.52. The molecule has 0 radical (unpaired) electrons.